The van der Waals surface area contributed by atoms with Crippen LogP contribution < -0.4 is 0 Å². The Hall–Kier alpha value is -1.02. The van der Waals surface area contributed by atoms with E-state index in [1.807, 2.05) is 0 Å². The van der Waals surface area contributed by atoms with Gasteiger partial charge in [-0.3, -0.25) is 0 Å². The molecule has 0 aromatic heterocycles. The monoisotopic (exact) mass is 198 g/mol. The molecule has 1 fully saturated rings. The fraction of sp³-hybridized carbons (Fsp3) is 0.300. The highest BCUT2D eigenvalue weighted by Gasteiger charge is 2.29. The Balaban J connectivity index is 3.10. The van der Waals surface area contributed by atoms with Crippen molar-refractivity contribution in [1.82, 2.24) is 0 Å². The van der Waals surface area contributed by atoms with Gasteiger partial charge >= 0.3 is 5.97 Å². The van der Waals surface area contributed by atoms with Crippen LogP contribution in [-0.4, -0.2) is 11.1 Å². The van der Waals surface area contributed by atoms with Crippen LogP contribution in [0, 0.1) is 5.92 Å². The minimum Gasteiger partial charge on any atom is -0.478 e. The second-order valence-electron chi connectivity index (χ2n) is 3.02. The van der Waals surface area contributed by atoms with Gasteiger partial charge in [-0.25, -0.2) is 4.79 Å². The molecule has 0 spiro atoms. The number of allylic oxidation sites excluding steroid dienone is 2. The summed E-state index contributed by atoms with van der Waals surface area (Å²) in [5.41, 5.74) is 0.826. The van der Waals surface area contributed by atoms with E-state index in [2.05, 4.69) is 13.2 Å². The highest BCUT2D eigenvalue weighted by molar-refractivity contribution is 6.34. The lowest BCUT2D eigenvalue weighted by Crippen LogP contribution is -2.04. The van der Waals surface area contributed by atoms with Crippen LogP contribution >= 0.6 is 11.6 Å². The fourth-order valence-corrected chi connectivity index (χ4v) is 1.45. The molecule has 1 rings (SSSR count). The molecule has 0 unspecified atom stereocenters. The summed E-state index contributed by atoms with van der Waals surface area (Å²) >= 11 is 5.60. The van der Waals surface area contributed by atoms with Crippen LogP contribution in [0.1, 0.15) is 12.8 Å². The Morgan fingerprint density at radius 3 is 2.31 bits per heavy atom. The van der Waals surface area contributed by atoms with Gasteiger partial charge in [-0.1, -0.05) is 30.8 Å². The zero-order valence-corrected chi connectivity index (χ0v) is 7.97. The number of carboxylic acids is 1. The molecule has 0 bridgehead atoms. The summed E-state index contributed by atoms with van der Waals surface area (Å²) in [5, 5.41) is 8.95. The van der Waals surface area contributed by atoms with Crippen LogP contribution in [-0.2, 0) is 4.79 Å². The summed E-state index contributed by atoms with van der Waals surface area (Å²) in [5.74, 6) is -0.707. The van der Waals surface area contributed by atoms with Crippen LogP contribution in [0.3, 0.4) is 0 Å². The highest BCUT2D eigenvalue weighted by Crippen LogP contribution is 2.40. The Bertz CT molecular complexity index is 282. The third-order valence-electron chi connectivity index (χ3n) is 2.01. The predicted octanol–water partition coefficient (Wildman–Crippen LogP) is 2.72. The van der Waals surface area contributed by atoms with E-state index >= 15 is 0 Å². The Morgan fingerprint density at radius 2 is 2.08 bits per heavy atom. The van der Waals surface area contributed by atoms with E-state index in [0.717, 1.165) is 12.8 Å². The largest absolute Gasteiger partial charge is 0.478 e. The zero-order chi connectivity index (χ0) is 10.0. The number of hydrogen-bond donors (Lipinski definition) is 1. The second kappa shape index (κ2) is 3.79. The van der Waals surface area contributed by atoms with E-state index < -0.39 is 5.97 Å². The van der Waals surface area contributed by atoms with E-state index in [1.54, 1.807) is 6.08 Å². The summed E-state index contributed by atoms with van der Waals surface area (Å²) in [7, 11) is 0. The summed E-state index contributed by atoms with van der Waals surface area (Å²) < 4.78 is 0. The molecule has 0 amide bonds. The summed E-state index contributed by atoms with van der Waals surface area (Å²) in [6.45, 7) is 7.02. The molecule has 70 valence electrons. The van der Waals surface area contributed by atoms with E-state index in [0.29, 0.717) is 11.5 Å². The lowest BCUT2D eigenvalue weighted by Gasteiger charge is -2.05. The zero-order valence-electron chi connectivity index (χ0n) is 7.22. The molecule has 0 aliphatic heterocycles. The molecule has 0 radical (unpaired) electrons. The molecule has 1 saturated carbocycles. The first-order valence-electron chi connectivity index (χ1n) is 4.02. The summed E-state index contributed by atoms with van der Waals surface area (Å²) in [4.78, 5) is 10.8. The maximum atomic E-state index is 10.8. The van der Waals surface area contributed by atoms with Crippen LogP contribution in [0.4, 0.5) is 0 Å². The van der Waals surface area contributed by atoms with Gasteiger partial charge in [0.2, 0.25) is 0 Å². The van der Waals surface area contributed by atoms with E-state index in [-0.39, 0.29) is 10.6 Å². The number of hydrogen-bond acceptors (Lipinski definition) is 1. The Labute approximate surface area is 82.2 Å². The summed E-state index contributed by atoms with van der Waals surface area (Å²) in [6, 6.07) is 0. The average Bonchev–Trinajstić information content (AvgIpc) is 2.80. The molecule has 0 heterocycles. The van der Waals surface area contributed by atoms with Gasteiger partial charge in [0.25, 0.3) is 0 Å². The third kappa shape index (κ3) is 2.22. The molecule has 13 heavy (non-hydrogen) atoms. The molecule has 1 aliphatic carbocycles. The highest BCUT2D eigenvalue weighted by atomic mass is 35.5. The van der Waals surface area contributed by atoms with Crippen molar-refractivity contribution in [1.29, 1.82) is 0 Å². The molecule has 0 aromatic carbocycles. The number of carbonyl (C=O) groups is 1. The smallest absolute Gasteiger partial charge is 0.337 e. The molecule has 1 N–H and O–H groups in total. The number of halogens is 1. The molecular formula is C10H11ClO2. The lowest BCUT2D eigenvalue weighted by atomic mass is 10.0. The van der Waals surface area contributed by atoms with Gasteiger partial charge in [0.1, 0.15) is 0 Å². The maximum Gasteiger partial charge on any atom is 0.337 e. The van der Waals surface area contributed by atoms with Gasteiger partial charge in [-0.05, 0) is 24.3 Å². The Morgan fingerprint density at radius 1 is 1.54 bits per heavy atom. The molecule has 0 aromatic rings. The normalized spacial score (nSPS) is 17.6. The summed E-state index contributed by atoms with van der Waals surface area (Å²) in [6.07, 6.45) is 3.60. The van der Waals surface area contributed by atoms with Gasteiger partial charge < -0.3 is 5.11 Å². The number of rotatable bonds is 4. The van der Waals surface area contributed by atoms with Crippen molar-refractivity contribution in [2.45, 2.75) is 12.8 Å². The molecule has 1 aliphatic rings. The lowest BCUT2D eigenvalue weighted by molar-refractivity contribution is -0.132. The first kappa shape index (κ1) is 10.1. The van der Waals surface area contributed by atoms with Crippen molar-refractivity contribution in [3.63, 3.8) is 0 Å². The third-order valence-corrected chi connectivity index (χ3v) is 2.20. The van der Waals surface area contributed by atoms with Crippen LogP contribution in [0.5, 0.6) is 0 Å². The van der Waals surface area contributed by atoms with E-state index in [4.69, 9.17) is 16.7 Å². The minimum atomic E-state index is -1.03. The maximum absolute atomic E-state index is 10.8. The van der Waals surface area contributed by atoms with Crippen molar-refractivity contribution < 1.29 is 9.90 Å². The Kier molecular flexibility index (Phi) is 2.94. The van der Waals surface area contributed by atoms with E-state index in [1.165, 1.54) is 0 Å². The number of aliphatic carboxylic acids is 1. The SMILES string of the molecule is C=C/C(=C(\C(=C)Cl)C(=O)O)C1CC1. The van der Waals surface area contributed by atoms with Gasteiger partial charge in [-0.15, -0.1) is 0 Å². The van der Waals surface area contributed by atoms with Crippen molar-refractivity contribution in [3.8, 4) is 0 Å². The second-order valence-corrected chi connectivity index (χ2v) is 3.48. The van der Waals surface area contributed by atoms with Gasteiger partial charge in [-0.2, -0.15) is 0 Å². The fourth-order valence-electron chi connectivity index (χ4n) is 1.26. The van der Waals surface area contributed by atoms with Crippen LogP contribution in [0.2, 0.25) is 0 Å². The predicted molar refractivity (Wildman–Crippen MR) is 52.6 cm³/mol. The van der Waals surface area contributed by atoms with Crippen molar-refractivity contribution in [2.24, 2.45) is 5.92 Å². The van der Waals surface area contributed by atoms with Crippen LogP contribution in [0.15, 0.2) is 35.4 Å². The van der Waals surface area contributed by atoms with Crippen molar-refractivity contribution >= 4 is 17.6 Å². The van der Waals surface area contributed by atoms with E-state index in [9.17, 15) is 4.79 Å². The van der Waals surface area contributed by atoms with Crippen molar-refractivity contribution in [3.05, 3.63) is 35.4 Å². The quantitative estimate of drug-likeness (QED) is 0.557. The topological polar surface area (TPSA) is 37.3 Å². The molecule has 3 heteroatoms. The first-order valence-corrected chi connectivity index (χ1v) is 4.40. The average molecular weight is 199 g/mol. The standard InChI is InChI=1S/C10H11ClO2/c1-3-8(7-4-5-7)9(6(2)11)10(12)13/h3,7H,1-2,4-5H2,(H,12,13)/b9-8-. The van der Waals surface area contributed by atoms with Crippen LogP contribution in [0.25, 0.3) is 0 Å². The molecular weight excluding hydrogens is 188 g/mol. The van der Waals surface area contributed by atoms with Gasteiger partial charge in [0, 0.05) is 5.03 Å². The molecule has 2 nitrogen and oxygen atoms in total. The number of carboxylic acid groups (broad SMARTS) is 1. The first-order chi connectivity index (χ1) is 6.07. The van der Waals surface area contributed by atoms with Crippen molar-refractivity contribution in [2.75, 3.05) is 0 Å². The van der Waals surface area contributed by atoms with Gasteiger partial charge in [0.15, 0.2) is 0 Å². The molecule has 0 saturated heterocycles. The minimum absolute atomic E-state index is 0.0781. The van der Waals surface area contributed by atoms with Gasteiger partial charge in [0.05, 0.1) is 5.57 Å². The molecule has 0 atom stereocenters.